The van der Waals surface area contributed by atoms with Gasteiger partial charge >= 0.3 is 0 Å². The molecule has 0 heterocycles. The van der Waals surface area contributed by atoms with Crippen LogP contribution >= 0.6 is 0 Å². The molecule has 0 fully saturated rings. The SMILES string of the molecule is COc1cc(O)cc(O)c1C(=O)[C@@H]1C(C(=O)CCc2ccccc2)=C[C@@H](O)[C@H](c2ccccc2)[C@@H]1c1ccccc1. The lowest BCUT2D eigenvalue weighted by Crippen LogP contribution is -2.40. The highest BCUT2D eigenvalue weighted by atomic mass is 16.5. The third-order valence-electron chi connectivity index (χ3n) is 7.79. The summed E-state index contributed by atoms with van der Waals surface area (Å²) in [5, 5.41) is 32.5. The number of Topliss-reactive ketones (excluding diaryl/α,β-unsaturated/α-hetero) is 2. The van der Waals surface area contributed by atoms with E-state index in [-0.39, 0.29) is 34.8 Å². The van der Waals surface area contributed by atoms with E-state index in [1.807, 2.05) is 91.0 Å². The number of carbonyl (C=O) groups excluding carboxylic acids is 2. The van der Waals surface area contributed by atoms with E-state index in [1.54, 1.807) is 0 Å². The third kappa shape index (κ3) is 5.79. The van der Waals surface area contributed by atoms with Crippen molar-refractivity contribution in [2.75, 3.05) is 7.11 Å². The van der Waals surface area contributed by atoms with Crippen molar-refractivity contribution >= 4 is 11.6 Å². The van der Waals surface area contributed by atoms with Crippen LogP contribution in [0.15, 0.2) is 115 Å². The molecule has 4 aromatic rings. The van der Waals surface area contributed by atoms with Crippen LogP contribution in [-0.2, 0) is 11.2 Å². The number of ketones is 2. The molecule has 4 atom stereocenters. The van der Waals surface area contributed by atoms with E-state index < -0.39 is 35.4 Å². The lowest BCUT2D eigenvalue weighted by atomic mass is 9.62. The van der Waals surface area contributed by atoms with E-state index in [0.717, 1.165) is 22.8 Å². The van der Waals surface area contributed by atoms with E-state index in [4.69, 9.17) is 4.74 Å². The molecule has 41 heavy (non-hydrogen) atoms. The lowest BCUT2D eigenvalue weighted by Gasteiger charge is -2.41. The molecule has 6 heteroatoms. The number of benzene rings is 4. The second-order valence-electron chi connectivity index (χ2n) is 10.3. The van der Waals surface area contributed by atoms with E-state index >= 15 is 0 Å². The minimum atomic E-state index is -1.04. The van der Waals surface area contributed by atoms with Gasteiger partial charge in [0.1, 0.15) is 22.8 Å². The van der Waals surface area contributed by atoms with Gasteiger partial charge in [-0.1, -0.05) is 91.0 Å². The van der Waals surface area contributed by atoms with Gasteiger partial charge in [-0.25, -0.2) is 0 Å². The fraction of sp³-hybridized carbons (Fsp3) is 0.200. The molecule has 0 bridgehead atoms. The Kier molecular flexibility index (Phi) is 8.31. The van der Waals surface area contributed by atoms with Crippen LogP contribution in [-0.4, -0.2) is 40.1 Å². The van der Waals surface area contributed by atoms with Crippen molar-refractivity contribution in [3.8, 4) is 17.2 Å². The summed E-state index contributed by atoms with van der Waals surface area (Å²) < 4.78 is 5.40. The van der Waals surface area contributed by atoms with Crippen LogP contribution in [0.1, 0.15) is 45.3 Å². The molecule has 3 N–H and O–H groups in total. The van der Waals surface area contributed by atoms with Crippen molar-refractivity contribution in [1.29, 1.82) is 0 Å². The zero-order chi connectivity index (χ0) is 28.9. The van der Waals surface area contributed by atoms with Gasteiger partial charge in [0.2, 0.25) is 0 Å². The van der Waals surface area contributed by atoms with Crippen LogP contribution < -0.4 is 4.74 Å². The average Bonchev–Trinajstić information content (AvgIpc) is 3.00. The molecule has 0 aliphatic heterocycles. The number of hydrogen-bond acceptors (Lipinski definition) is 6. The summed E-state index contributed by atoms with van der Waals surface area (Å²) in [7, 11) is 1.35. The van der Waals surface area contributed by atoms with Crippen molar-refractivity contribution in [3.05, 3.63) is 137 Å². The monoisotopic (exact) mass is 548 g/mol. The van der Waals surface area contributed by atoms with Crippen LogP contribution in [0, 0.1) is 5.92 Å². The summed E-state index contributed by atoms with van der Waals surface area (Å²) in [6.45, 7) is 0. The quantitative estimate of drug-likeness (QED) is 0.223. The summed E-state index contributed by atoms with van der Waals surface area (Å²) in [6, 6.07) is 30.8. The number of carbonyl (C=O) groups is 2. The van der Waals surface area contributed by atoms with Gasteiger partial charge in [-0.05, 0) is 29.2 Å². The van der Waals surface area contributed by atoms with Crippen molar-refractivity contribution in [1.82, 2.24) is 0 Å². The Bertz CT molecular complexity index is 1550. The molecule has 0 aromatic heterocycles. The van der Waals surface area contributed by atoms with Gasteiger partial charge in [-0.3, -0.25) is 9.59 Å². The number of methoxy groups -OCH3 is 1. The fourth-order valence-corrected chi connectivity index (χ4v) is 5.93. The molecule has 0 saturated carbocycles. The number of rotatable bonds is 9. The average molecular weight is 549 g/mol. The van der Waals surface area contributed by atoms with E-state index in [9.17, 15) is 24.9 Å². The molecule has 6 nitrogen and oxygen atoms in total. The van der Waals surface area contributed by atoms with Crippen molar-refractivity contribution < 1.29 is 29.6 Å². The number of ether oxygens (including phenoxy) is 1. The lowest BCUT2D eigenvalue weighted by molar-refractivity contribution is -0.116. The maximum Gasteiger partial charge on any atom is 0.178 e. The smallest absolute Gasteiger partial charge is 0.178 e. The number of aliphatic hydroxyl groups excluding tert-OH is 1. The molecule has 0 amide bonds. The van der Waals surface area contributed by atoms with Crippen molar-refractivity contribution in [2.24, 2.45) is 5.92 Å². The topological polar surface area (TPSA) is 104 Å². The Morgan fingerprint density at radius 3 is 1.93 bits per heavy atom. The number of phenols is 2. The Hall–Kier alpha value is -4.68. The maximum atomic E-state index is 14.6. The van der Waals surface area contributed by atoms with E-state index in [1.165, 1.54) is 19.3 Å². The molecule has 0 radical (unpaired) electrons. The van der Waals surface area contributed by atoms with Crippen LogP contribution in [0.2, 0.25) is 0 Å². The first-order valence-corrected chi connectivity index (χ1v) is 13.6. The molecule has 5 rings (SSSR count). The highest BCUT2D eigenvalue weighted by Gasteiger charge is 2.47. The first-order chi connectivity index (χ1) is 19.9. The maximum absolute atomic E-state index is 14.6. The van der Waals surface area contributed by atoms with Gasteiger partial charge in [0.25, 0.3) is 0 Å². The third-order valence-corrected chi connectivity index (χ3v) is 7.79. The van der Waals surface area contributed by atoms with Crippen LogP contribution in [0.5, 0.6) is 17.2 Å². The van der Waals surface area contributed by atoms with Crippen molar-refractivity contribution in [3.63, 3.8) is 0 Å². The molecule has 1 aliphatic rings. The minimum absolute atomic E-state index is 0.00206. The number of aryl methyl sites for hydroxylation is 1. The van der Waals surface area contributed by atoms with E-state index in [0.29, 0.717) is 6.42 Å². The first-order valence-electron chi connectivity index (χ1n) is 13.6. The highest BCUT2D eigenvalue weighted by molar-refractivity contribution is 6.11. The molecule has 208 valence electrons. The van der Waals surface area contributed by atoms with Gasteiger partial charge in [0.05, 0.1) is 19.1 Å². The van der Waals surface area contributed by atoms with Gasteiger partial charge in [-0.15, -0.1) is 0 Å². The van der Waals surface area contributed by atoms with Gasteiger partial charge in [-0.2, -0.15) is 0 Å². The molecule has 0 unspecified atom stereocenters. The zero-order valence-corrected chi connectivity index (χ0v) is 22.7. The molecule has 1 aliphatic carbocycles. The summed E-state index contributed by atoms with van der Waals surface area (Å²) in [6.07, 6.45) is 1.08. The summed E-state index contributed by atoms with van der Waals surface area (Å²) >= 11 is 0. The molecular weight excluding hydrogens is 516 g/mol. The predicted molar refractivity (Wildman–Crippen MR) is 156 cm³/mol. The summed E-state index contributed by atoms with van der Waals surface area (Å²) in [5.41, 5.74) is 2.66. The van der Waals surface area contributed by atoms with Crippen LogP contribution in [0.3, 0.4) is 0 Å². The highest BCUT2D eigenvalue weighted by Crippen LogP contribution is 2.50. The van der Waals surface area contributed by atoms with Gasteiger partial charge in [0.15, 0.2) is 11.6 Å². The molecule has 0 saturated heterocycles. The Balaban J connectivity index is 1.68. The summed E-state index contributed by atoms with van der Waals surface area (Å²) in [5.74, 6) is -3.72. The zero-order valence-electron chi connectivity index (χ0n) is 22.7. The van der Waals surface area contributed by atoms with Crippen LogP contribution in [0.25, 0.3) is 0 Å². The molecule has 0 spiro atoms. The number of aromatic hydroxyl groups is 2. The summed E-state index contributed by atoms with van der Waals surface area (Å²) in [4.78, 5) is 28.5. The number of allylic oxidation sites excluding steroid dienone is 1. The number of hydrogen-bond donors (Lipinski definition) is 3. The standard InChI is InChI=1S/C35H32O6/c1-41-30-20-25(36)19-28(38)34(30)35(40)33-26(27(37)18-17-22-11-5-2-6-12-22)21-29(39)31(23-13-7-3-8-14-23)32(33)24-15-9-4-10-16-24/h2-16,19-21,29,31-33,36,38-39H,17-18H2,1H3/t29-,31+,32+,33-/m1/s1. The van der Waals surface area contributed by atoms with E-state index in [2.05, 4.69) is 0 Å². The normalized spacial score (nSPS) is 20.2. The Morgan fingerprint density at radius 2 is 1.34 bits per heavy atom. The largest absolute Gasteiger partial charge is 0.508 e. The van der Waals surface area contributed by atoms with Crippen molar-refractivity contribution in [2.45, 2.75) is 30.8 Å². The Labute approximate surface area is 239 Å². The number of phenolic OH excluding ortho intramolecular Hbond substituents is 2. The number of aliphatic hydroxyl groups is 1. The van der Waals surface area contributed by atoms with Crippen LogP contribution in [0.4, 0.5) is 0 Å². The minimum Gasteiger partial charge on any atom is -0.508 e. The Morgan fingerprint density at radius 1 is 0.780 bits per heavy atom. The second-order valence-corrected chi connectivity index (χ2v) is 10.3. The van der Waals surface area contributed by atoms with Gasteiger partial charge in [0, 0.05) is 36.0 Å². The molecular formula is C35H32O6. The fourth-order valence-electron chi connectivity index (χ4n) is 5.93. The predicted octanol–water partition coefficient (Wildman–Crippen LogP) is 5.98. The molecule has 4 aromatic carbocycles. The van der Waals surface area contributed by atoms with Gasteiger partial charge < -0.3 is 20.1 Å². The second kappa shape index (κ2) is 12.2. The first kappa shape index (κ1) is 27.9.